The van der Waals surface area contributed by atoms with Gasteiger partial charge in [0, 0.05) is 0 Å². The molecule has 2 aromatic carbocycles. The minimum atomic E-state index is -1.02. The van der Waals surface area contributed by atoms with E-state index >= 15 is 0 Å². The first-order chi connectivity index (χ1) is 11.3. The highest BCUT2D eigenvalue weighted by molar-refractivity contribution is 5.90. The molecule has 0 unspecified atom stereocenters. The fourth-order valence-corrected chi connectivity index (χ4v) is 2.58. The third kappa shape index (κ3) is 3.85. The molecule has 0 aliphatic heterocycles. The average molecular weight is 329 g/mol. The molecule has 2 aromatic rings. The molecule has 0 aliphatic carbocycles. The number of ether oxygens (including phenoxy) is 1. The van der Waals surface area contributed by atoms with Gasteiger partial charge in [-0.1, -0.05) is 38.1 Å². The summed E-state index contributed by atoms with van der Waals surface area (Å²) in [7, 11) is 1.62. The van der Waals surface area contributed by atoms with E-state index in [0.29, 0.717) is 0 Å². The zero-order valence-corrected chi connectivity index (χ0v) is 14.4. The van der Waals surface area contributed by atoms with Gasteiger partial charge in [0.1, 0.15) is 11.8 Å². The van der Waals surface area contributed by atoms with Crippen LogP contribution < -0.4 is 10.1 Å². The molecule has 5 nitrogen and oxygen atoms in total. The smallest absolute Gasteiger partial charge is 0.326 e. The Bertz CT molecular complexity index is 754. The van der Waals surface area contributed by atoms with Gasteiger partial charge < -0.3 is 15.2 Å². The minimum absolute atomic E-state index is 0.178. The van der Waals surface area contributed by atoms with E-state index in [1.54, 1.807) is 27.9 Å². The lowest BCUT2D eigenvalue weighted by atomic mass is 9.96. The summed E-state index contributed by atoms with van der Waals surface area (Å²) in [5.41, 5.74) is 0.845. The van der Waals surface area contributed by atoms with Crippen LogP contribution in [0.4, 0.5) is 0 Å². The molecule has 0 bridgehead atoms. The molecule has 1 amide bonds. The molecule has 2 rings (SSSR count). The first-order valence-corrected chi connectivity index (χ1v) is 7.94. The quantitative estimate of drug-likeness (QED) is 0.853. The highest BCUT2D eigenvalue weighted by Crippen LogP contribution is 2.25. The molecule has 0 saturated carbocycles. The number of nitrogens with one attached hydrogen (secondary N) is 1. The standard InChI is InChI=1S/C19H23NO4/c1-11(2)17(19(22)23)20-18(21)12(3)13-5-6-15-10-16(24-4)8-7-14(15)9-13/h5-12,17H,1-4H3,(H,20,21)(H,22,23)/t12-,17+/m0/s1. The maximum Gasteiger partial charge on any atom is 0.326 e. The van der Waals surface area contributed by atoms with Crippen LogP contribution in [0.5, 0.6) is 5.75 Å². The number of amides is 1. The molecule has 24 heavy (non-hydrogen) atoms. The lowest BCUT2D eigenvalue weighted by Crippen LogP contribution is -2.45. The van der Waals surface area contributed by atoms with E-state index in [9.17, 15) is 14.7 Å². The molecule has 5 heteroatoms. The average Bonchev–Trinajstić information content (AvgIpc) is 2.57. The van der Waals surface area contributed by atoms with Gasteiger partial charge in [-0.15, -0.1) is 0 Å². The highest BCUT2D eigenvalue weighted by Gasteiger charge is 2.26. The fourth-order valence-electron chi connectivity index (χ4n) is 2.58. The van der Waals surface area contributed by atoms with Crippen LogP contribution in [-0.4, -0.2) is 30.1 Å². The Hall–Kier alpha value is -2.56. The summed E-state index contributed by atoms with van der Waals surface area (Å²) < 4.78 is 5.21. The zero-order valence-electron chi connectivity index (χ0n) is 14.4. The van der Waals surface area contributed by atoms with Gasteiger partial charge in [-0.3, -0.25) is 4.79 Å². The maximum absolute atomic E-state index is 12.4. The van der Waals surface area contributed by atoms with E-state index in [2.05, 4.69) is 5.32 Å². The molecule has 0 radical (unpaired) electrons. The second kappa shape index (κ2) is 7.34. The number of carboxylic acid groups (broad SMARTS) is 1. The number of carbonyl (C=O) groups excluding carboxylic acids is 1. The number of hydrogen-bond donors (Lipinski definition) is 2. The van der Waals surface area contributed by atoms with Gasteiger partial charge in [0.15, 0.2) is 0 Å². The number of carboxylic acids is 1. The van der Waals surface area contributed by atoms with Crippen LogP contribution in [0.25, 0.3) is 10.8 Å². The molecule has 2 N–H and O–H groups in total. The molecule has 128 valence electrons. The van der Waals surface area contributed by atoms with Crippen LogP contribution in [0, 0.1) is 5.92 Å². The van der Waals surface area contributed by atoms with Crippen molar-refractivity contribution in [1.82, 2.24) is 5.32 Å². The third-order valence-electron chi connectivity index (χ3n) is 4.20. The Morgan fingerprint density at radius 3 is 2.25 bits per heavy atom. The normalized spacial score (nSPS) is 13.5. The van der Waals surface area contributed by atoms with Crippen molar-refractivity contribution in [3.63, 3.8) is 0 Å². The topological polar surface area (TPSA) is 75.6 Å². The van der Waals surface area contributed by atoms with Crippen molar-refractivity contribution < 1.29 is 19.4 Å². The van der Waals surface area contributed by atoms with E-state index in [1.165, 1.54) is 0 Å². The lowest BCUT2D eigenvalue weighted by molar-refractivity contribution is -0.143. The first-order valence-electron chi connectivity index (χ1n) is 7.94. The molecule has 0 aromatic heterocycles. The SMILES string of the molecule is COc1ccc2cc([C@H](C)C(=O)N[C@@H](C(=O)O)C(C)C)ccc2c1. The van der Waals surface area contributed by atoms with Gasteiger partial charge in [0.25, 0.3) is 0 Å². The minimum Gasteiger partial charge on any atom is -0.497 e. The Kier molecular flexibility index (Phi) is 5.44. The van der Waals surface area contributed by atoms with Crippen LogP contribution in [-0.2, 0) is 9.59 Å². The number of benzene rings is 2. The van der Waals surface area contributed by atoms with Crippen LogP contribution in [0.2, 0.25) is 0 Å². The van der Waals surface area contributed by atoms with Gasteiger partial charge in [-0.05, 0) is 41.3 Å². The van der Waals surface area contributed by atoms with E-state index in [0.717, 1.165) is 22.1 Å². The maximum atomic E-state index is 12.4. The van der Waals surface area contributed by atoms with Gasteiger partial charge in [0.2, 0.25) is 5.91 Å². The van der Waals surface area contributed by atoms with Crippen molar-refractivity contribution in [3.05, 3.63) is 42.0 Å². The zero-order chi connectivity index (χ0) is 17.9. The van der Waals surface area contributed by atoms with E-state index in [1.807, 2.05) is 36.4 Å². The Labute approximate surface area is 141 Å². The number of rotatable bonds is 6. The molecule has 0 saturated heterocycles. The predicted octanol–water partition coefficient (Wildman–Crippen LogP) is 3.18. The largest absolute Gasteiger partial charge is 0.497 e. The van der Waals surface area contributed by atoms with Crippen LogP contribution in [0.3, 0.4) is 0 Å². The van der Waals surface area contributed by atoms with E-state index in [4.69, 9.17) is 4.74 Å². The van der Waals surface area contributed by atoms with Crippen molar-refractivity contribution in [3.8, 4) is 5.75 Å². The van der Waals surface area contributed by atoms with Crippen molar-refractivity contribution >= 4 is 22.6 Å². The third-order valence-corrected chi connectivity index (χ3v) is 4.20. The van der Waals surface area contributed by atoms with Crippen molar-refractivity contribution in [2.24, 2.45) is 5.92 Å². The summed E-state index contributed by atoms with van der Waals surface area (Å²) in [5.74, 6) is -1.14. The molecule has 0 aliphatic rings. The number of methoxy groups -OCH3 is 1. The van der Waals surface area contributed by atoms with Crippen molar-refractivity contribution in [2.45, 2.75) is 32.7 Å². The summed E-state index contributed by atoms with van der Waals surface area (Å²) in [6, 6.07) is 10.6. The Balaban J connectivity index is 2.22. The second-order valence-corrected chi connectivity index (χ2v) is 6.26. The number of fused-ring (bicyclic) bond motifs is 1. The molecule has 0 spiro atoms. The molecular formula is C19H23NO4. The summed E-state index contributed by atoms with van der Waals surface area (Å²) >= 11 is 0. The van der Waals surface area contributed by atoms with E-state index in [-0.39, 0.29) is 11.8 Å². The summed E-state index contributed by atoms with van der Waals surface area (Å²) in [6.45, 7) is 5.32. The number of hydrogen-bond acceptors (Lipinski definition) is 3. The van der Waals surface area contributed by atoms with Crippen LogP contribution >= 0.6 is 0 Å². The van der Waals surface area contributed by atoms with Gasteiger partial charge in [-0.25, -0.2) is 4.79 Å². The first kappa shape index (κ1) is 17.8. The predicted molar refractivity (Wildman–Crippen MR) is 93.3 cm³/mol. The summed E-state index contributed by atoms with van der Waals surface area (Å²) in [5, 5.41) is 13.9. The van der Waals surface area contributed by atoms with E-state index < -0.39 is 17.9 Å². The number of carbonyl (C=O) groups is 2. The highest BCUT2D eigenvalue weighted by atomic mass is 16.5. The summed E-state index contributed by atoms with van der Waals surface area (Å²) in [6.07, 6.45) is 0. The monoisotopic (exact) mass is 329 g/mol. The Morgan fingerprint density at radius 2 is 1.67 bits per heavy atom. The fraction of sp³-hybridized carbons (Fsp3) is 0.368. The lowest BCUT2D eigenvalue weighted by Gasteiger charge is -2.21. The molecular weight excluding hydrogens is 306 g/mol. The van der Waals surface area contributed by atoms with Gasteiger partial charge in [0.05, 0.1) is 13.0 Å². The second-order valence-electron chi connectivity index (χ2n) is 6.26. The molecule has 0 heterocycles. The van der Waals surface area contributed by atoms with Gasteiger partial charge >= 0.3 is 5.97 Å². The van der Waals surface area contributed by atoms with Gasteiger partial charge in [-0.2, -0.15) is 0 Å². The van der Waals surface area contributed by atoms with Crippen molar-refractivity contribution in [1.29, 1.82) is 0 Å². The Morgan fingerprint density at radius 1 is 1.04 bits per heavy atom. The number of aliphatic carboxylic acids is 1. The summed E-state index contributed by atoms with van der Waals surface area (Å²) in [4.78, 5) is 23.6. The molecule has 0 fully saturated rings. The van der Waals surface area contributed by atoms with Crippen LogP contribution in [0.15, 0.2) is 36.4 Å². The molecule has 2 atom stereocenters. The van der Waals surface area contributed by atoms with Crippen molar-refractivity contribution in [2.75, 3.05) is 7.11 Å². The van der Waals surface area contributed by atoms with Crippen LogP contribution in [0.1, 0.15) is 32.3 Å².